The third-order valence-electron chi connectivity index (χ3n) is 7.50. The van der Waals surface area contributed by atoms with Crippen LogP contribution in [0.2, 0.25) is 0 Å². The molecule has 1 aliphatic carbocycles. The number of imidazole rings is 1. The summed E-state index contributed by atoms with van der Waals surface area (Å²) in [6.45, 7) is 4.91. The first kappa shape index (κ1) is 24.7. The zero-order chi connectivity index (χ0) is 25.1. The Kier molecular flexibility index (Phi) is 7.22. The quantitative estimate of drug-likeness (QED) is 0.526. The highest BCUT2D eigenvalue weighted by molar-refractivity contribution is 5.98. The monoisotopic (exact) mass is 492 g/mol. The molecule has 3 aromatic rings. The maximum Gasteiger partial charge on any atom is 0.275 e. The molecule has 2 N–H and O–H groups in total. The molecule has 9 nitrogen and oxygen atoms in total. The first-order chi connectivity index (χ1) is 17.5. The van der Waals surface area contributed by atoms with E-state index in [1.807, 2.05) is 63.8 Å². The van der Waals surface area contributed by atoms with Crippen molar-refractivity contribution in [2.24, 2.45) is 0 Å². The zero-order valence-corrected chi connectivity index (χ0v) is 21.1. The highest BCUT2D eigenvalue weighted by Crippen LogP contribution is 2.41. The summed E-state index contributed by atoms with van der Waals surface area (Å²) in [6, 6.07) is 9.65. The summed E-state index contributed by atoms with van der Waals surface area (Å²) in [7, 11) is 1.62. The topological polar surface area (TPSA) is 97.4 Å². The highest BCUT2D eigenvalue weighted by Gasteiger charge is 2.42. The molecule has 1 aromatic carbocycles. The van der Waals surface area contributed by atoms with Gasteiger partial charge in [-0.15, -0.1) is 0 Å². The van der Waals surface area contributed by atoms with Crippen LogP contribution in [0.25, 0.3) is 11.3 Å². The van der Waals surface area contributed by atoms with Gasteiger partial charge in [0.15, 0.2) is 5.69 Å². The van der Waals surface area contributed by atoms with E-state index in [-0.39, 0.29) is 24.6 Å². The van der Waals surface area contributed by atoms with Gasteiger partial charge in [0.25, 0.3) is 5.91 Å². The molecule has 1 saturated heterocycles. The number of ether oxygens (including phenoxy) is 1. The van der Waals surface area contributed by atoms with Gasteiger partial charge in [-0.2, -0.15) is 5.10 Å². The normalized spacial score (nSPS) is 24.7. The Bertz CT molecular complexity index is 1170. The number of carbonyl (C=O) groups is 1. The molecule has 2 fully saturated rings. The fourth-order valence-electron chi connectivity index (χ4n) is 5.77. The standard InChI is InChI=1S/C27H36N6O3/c1-20-14-30-31(16-20)17-22-15-28-12-13-32(22)26(34)24-25(21-8-4-3-5-9-21)33(19-29-24)23-10-6-7-11-27(23,35)18-36-2/h3-5,8-9,14,16,19,22-23,28,35H,6-7,10-13,15,17-18H2,1-2H3/t22-,23+,27+/m0/s1. The maximum atomic E-state index is 14.1. The SMILES string of the molecule is COC[C@]1(O)CCCC[C@H]1n1cnc(C(=O)N2CCNC[C@H]2Cn2cc(C)cn2)c1-c1ccccc1. The second kappa shape index (κ2) is 10.5. The molecule has 1 amide bonds. The summed E-state index contributed by atoms with van der Waals surface area (Å²) in [5, 5.41) is 19.4. The van der Waals surface area contributed by atoms with Crippen LogP contribution in [-0.4, -0.2) is 80.2 Å². The van der Waals surface area contributed by atoms with Crippen LogP contribution < -0.4 is 5.32 Å². The maximum absolute atomic E-state index is 14.1. The van der Waals surface area contributed by atoms with Gasteiger partial charge in [0.2, 0.25) is 0 Å². The van der Waals surface area contributed by atoms with Crippen LogP contribution in [0.5, 0.6) is 0 Å². The van der Waals surface area contributed by atoms with Crippen LogP contribution in [0, 0.1) is 6.92 Å². The van der Waals surface area contributed by atoms with Crippen molar-refractivity contribution >= 4 is 5.91 Å². The number of hydrogen-bond acceptors (Lipinski definition) is 6. The number of rotatable bonds is 7. The van der Waals surface area contributed by atoms with Crippen molar-refractivity contribution < 1.29 is 14.6 Å². The van der Waals surface area contributed by atoms with Crippen LogP contribution in [-0.2, 0) is 11.3 Å². The molecule has 3 heterocycles. The lowest BCUT2D eigenvalue weighted by Crippen LogP contribution is -2.55. The number of aliphatic hydroxyl groups is 1. The van der Waals surface area contributed by atoms with Crippen molar-refractivity contribution in [2.45, 2.75) is 56.8 Å². The van der Waals surface area contributed by atoms with E-state index in [2.05, 4.69) is 10.4 Å². The first-order valence-corrected chi connectivity index (χ1v) is 12.8. The number of carbonyl (C=O) groups excluding carboxylic acids is 1. The Morgan fingerprint density at radius 2 is 2.11 bits per heavy atom. The van der Waals surface area contributed by atoms with Gasteiger partial charge in [-0.3, -0.25) is 9.48 Å². The molecular formula is C27H36N6O3. The number of aryl methyl sites for hydroxylation is 1. The Balaban J connectivity index is 1.53. The van der Waals surface area contributed by atoms with Crippen molar-refractivity contribution in [2.75, 3.05) is 33.4 Å². The van der Waals surface area contributed by atoms with Gasteiger partial charge in [0, 0.05) is 38.5 Å². The average Bonchev–Trinajstić information content (AvgIpc) is 3.51. The third-order valence-corrected chi connectivity index (χ3v) is 7.50. The van der Waals surface area contributed by atoms with Crippen LogP contribution >= 0.6 is 0 Å². The molecule has 3 atom stereocenters. The molecule has 36 heavy (non-hydrogen) atoms. The van der Waals surface area contributed by atoms with Crippen molar-refractivity contribution in [3.63, 3.8) is 0 Å². The van der Waals surface area contributed by atoms with Crippen LogP contribution in [0.3, 0.4) is 0 Å². The molecule has 0 radical (unpaired) electrons. The van der Waals surface area contributed by atoms with Gasteiger partial charge in [-0.05, 0) is 25.3 Å². The fourth-order valence-corrected chi connectivity index (χ4v) is 5.77. The number of hydrogen-bond donors (Lipinski definition) is 2. The van der Waals surface area contributed by atoms with Crippen LogP contribution in [0.4, 0.5) is 0 Å². The number of nitrogens with zero attached hydrogens (tertiary/aromatic N) is 5. The summed E-state index contributed by atoms with van der Waals surface area (Å²) >= 11 is 0. The molecule has 9 heteroatoms. The Labute approximate surface area is 212 Å². The summed E-state index contributed by atoms with van der Waals surface area (Å²) in [5.41, 5.74) is 2.19. The zero-order valence-electron chi connectivity index (χ0n) is 21.1. The second-order valence-electron chi connectivity index (χ2n) is 10.1. The molecule has 1 aliphatic heterocycles. The van der Waals surface area contributed by atoms with Gasteiger partial charge in [0.05, 0.1) is 43.5 Å². The van der Waals surface area contributed by atoms with E-state index in [1.165, 1.54) is 0 Å². The highest BCUT2D eigenvalue weighted by atomic mass is 16.5. The Hall–Kier alpha value is -3.01. The van der Waals surface area contributed by atoms with Crippen LogP contribution in [0.1, 0.15) is 47.8 Å². The summed E-state index contributed by atoms with van der Waals surface area (Å²) < 4.78 is 9.35. The van der Waals surface area contributed by atoms with Crippen molar-refractivity contribution in [3.05, 3.63) is 60.3 Å². The van der Waals surface area contributed by atoms with E-state index >= 15 is 0 Å². The van der Waals surface area contributed by atoms with E-state index in [9.17, 15) is 9.90 Å². The van der Waals surface area contributed by atoms with Gasteiger partial charge in [0.1, 0.15) is 5.60 Å². The van der Waals surface area contributed by atoms with E-state index < -0.39 is 5.60 Å². The molecule has 5 rings (SSSR count). The van der Waals surface area contributed by atoms with Crippen molar-refractivity contribution in [3.8, 4) is 11.3 Å². The van der Waals surface area contributed by atoms with Gasteiger partial charge in [-0.25, -0.2) is 4.98 Å². The van der Waals surface area contributed by atoms with E-state index in [1.54, 1.807) is 13.4 Å². The van der Waals surface area contributed by atoms with Gasteiger partial charge < -0.3 is 24.6 Å². The molecule has 0 spiro atoms. The summed E-state index contributed by atoms with van der Waals surface area (Å²) in [6.07, 6.45) is 9.00. The lowest BCUT2D eigenvalue weighted by atomic mass is 9.80. The number of methoxy groups -OCH3 is 1. The van der Waals surface area contributed by atoms with Gasteiger partial charge in [-0.1, -0.05) is 43.2 Å². The Morgan fingerprint density at radius 3 is 2.86 bits per heavy atom. The number of piperazine rings is 1. The number of benzene rings is 1. The molecule has 0 unspecified atom stereocenters. The molecule has 2 aliphatic rings. The lowest BCUT2D eigenvalue weighted by molar-refractivity contribution is -0.0893. The molecular weight excluding hydrogens is 456 g/mol. The fraction of sp³-hybridized carbons (Fsp3) is 0.519. The summed E-state index contributed by atoms with van der Waals surface area (Å²) in [4.78, 5) is 20.7. The first-order valence-electron chi connectivity index (χ1n) is 12.8. The minimum absolute atomic E-state index is 0.0422. The molecule has 1 saturated carbocycles. The second-order valence-corrected chi connectivity index (χ2v) is 10.1. The minimum Gasteiger partial charge on any atom is -0.385 e. The average molecular weight is 493 g/mol. The minimum atomic E-state index is -1.01. The summed E-state index contributed by atoms with van der Waals surface area (Å²) in [5.74, 6) is -0.0888. The molecule has 192 valence electrons. The molecule has 0 bridgehead atoms. The number of nitrogens with one attached hydrogen (secondary N) is 1. The molecule has 2 aromatic heterocycles. The smallest absolute Gasteiger partial charge is 0.275 e. The van der Waals surface area contributed by atoms with Gasteiger partial charge >= 0.3 is 0 Å². The van der Waals surface area contributed by atoms with E-state index in [0.717, 1.165) is 42.6 Å². The number of aromatic nitrogens is 4. The van der Waals surface area contributed by atoms with E-state index in [0.29, 0.717) is 31.7 Å². The Morgan fingerprint density at radius 1 is 1.28 bits per heavy atom. The lowest BCUT2D eigenvalue weighted by Gasteiger charge is -2.41. The van der Waals surface area contributed by atoms with Crippen molar-refractivity contribution in [1.29, 1.82) is 0 Å². The third kappa shape index (κ3) is 4.83. The van der Waals surface area contributed by atoms with Crippen molar-refractivity contribution in [1.82, 2.24) is 29.5 Å². The largest absolute Gasteiger partial charge is 0.385 e. The number of amides is 1. The van der Waals surface area contributed by atoms with Crippen LogP contribution in [0.15, 0.2) is 49.1 Å². The predicted molar refractivity (Wildman–Crippen MR) is 137 cm³/mol. The van der Waals surface area contributed by atoms with E-state index in [4.69, 9.17) is 9.72 Å². The predicted octanol–water partition coefficient (Wildman–Crippen LogP) is 2.66.